The van der Waals surface area contributed by atoms with Crippen LogP contribution in [0.1, 0.15) is 6.92 Å². The number of rotatable bonds is 2. The van der Waals surface area contributed by atoms with Gasteiger partial charge in [-0.25, -0.2) is 4.39 Å². The average molecular weight is 397 g/mol. The fourth-order valence-electron chi connectivity index (χ4n) is 1.48. The first-order valence-electron chi connectivity index (χ1n) is 5.76. The van der Waals surface area contributed by atoms with Crippen molar-refractivity contribution in [2.45, 2.75) is 42.2 Å². The zero-order chi connectivity index (χ0) is 20.9. The van der Waals surface area contributed by atoms with E-state index in [4.69, 9.17) is 5.11 Å². The van der Waals surface area contributed by atoms with Crippen LogP contribution in [0.25, 0.3) is 0 Å². The molecule has 0 radical (unpaired) electrons. The lowest BCUT2D eigenvalue weighted by molar-refractivity contribution is -0.487. The maximum Gasteiger partial charge on any atom is 0.384 e. The third kappa shape index (κ3) is 2.64. The van der Waals surface area contributed by atoms with E-state index in [9.17, 15) is 58.2 Å². The summed E-state index contributed by atoms with van der Waals surface area (Å²) in [7, 11) is 0. The molecule has 0 spiro atoms. The molecule has 1 aliphatic rings. The Kier molecular flexibility index (Phi) is 5.60. The molecule has 0 aromatic carbocycles. The van der Waals surface area contributed by atoms with Crippen molar-refractivity contribution in [3.05, 3.63) is 12.2 Å². The first kappa shape index (κ1) is 23.4. The van der Waals surface area contributed by atoms with Crippen LogP contribution in [0.3, 0.4) is 0 Å². The number of aliphatic hydroxyl groups is 1. The van der Waals surface area contributed by atoms with Gasteiger partial charge in [0.2, 0.25) is 0 Å². The largest absolute Gasteiger partial charge is 0.545 e. The Balaban J connectivity index is 0.000000823. The predicted molar refractivity (Wildman–Crippen MR) is 55.5 cm³/mol. The van der Waals surface area contributed by atoms with Gasteiger partial charge in [-0.15, -0.1) is 0 Å². The zero-order valence-electron chi connectivity index (χ0n) is 11.8. The molecule has 1 N–H and O–H groups in total. The summed E-state index contributed by atoms with van der Waals surface area (Å²) in [4.78, 5) is 9.49. The Morgan fingerprint density at radius 1 is 0.800 bits per heavy atom. The molecule has 1 saturated carbocycles. The lowest BCUT2D eigenvalue weighted by Gasteiger charge is -2.51. The molecule has 3 nitrogen and oxygen atoms in total. The second-order valence-electron chi connectivity index (χ2n) is 4.90. The lowest BCUT2D eigenvalue weighted by Crippen LogP contribution is -2.84. The van der Waals surface area contributed by atoms with Crippen LogP contribution in [0, 0.1) is 0 Å². The van der Waals surface area contributed by atoms with Gasteiger partial charge >= 0.3 is 29.6 Å². The first-order valence-corrected chi connectivity index (χ1v) is 5.76. The molecule has 25 heavy (non-hydrogen) atoms. The third-order valence-corrected chi connectivity index (χ3v) is 3.14. The van der Waals surface area contributed by atoms with Gasteiger partial charge < -0.3 is 15.0 Å². The predicted octanol–water partition coefficient (Wildman–Crippen LogP) is 2.19. The minimum atomic E-state index is -7.22. The molecule has 0 atom stereocenters. The summed E-state index contributed by atoms with van der Waals surface area (Å²) >= 11 is 0. The van der Waals surface area contributed by atoms with Crippen molar-refractivity contribution < 1.29 is 63.3 Å². The van der Waals surface area contributed by atoms with Crippen molar-refractivity contribution >= 4 is 5.97 Å². The van der Waals surface area contributed by atoms with E-state index < -0.39 is 47.9 Å². The second kappa shape index (κ2) is 5.99. The molecule has 0 bridgehead atoms. The van der Waals surface area contributed by atoms with Gasteiger partial charge in [-0.1, -0.05) is 6.58 Å². The molecule has 0 aliphatic heterocycles. The van der Waals surface area contributed by atoms with Gasteiger partial charge in [0.15, 0.2) is 0 Å². The van der Waals surface area contributed by atoms with E-state index >= 15 is 0 Å². The van der Waals surface area contributed by atoms with Gasteiger partial charge in [0.1, 0.15) is 0 Å². The van der Waals surface area contributed by atoms with Gasteiger partial charge in [-0.05, 0) is 12.5 Å². The second-order valence-corrected chi connectivity index (χ2v) is 4.90. The number of aliphatic hydroxyl groups excluding tert-OH is 1. The molecule has 1 fully saturated rings. The van der Waals surface area contributed by atoms with Crippen LogP contribution in [0.4, 0.5) is 48.3 Å². The van der Waals surface area contributed by atoms with E-state index in [1.165, 1.54) is 6.92 Å². The monoisotopic (exact) mass is 397 g/mol. The van der Waals surface area contributed by atoms with E-state index in [1.54, 1.807) is 0 Å². The number of carbonyl (C=O) groups is 1. The third-order valence-electron chi connectivity index (χ3n) is 3.14. The molecule has 0 heterocycles. The van der Waals surface area contributed by atoms with Crippen LogP contribution < -0.4 is 5.11 Å². The summed E-state index contributed by atoms with van der Waals surface area (Å²) in [6.07, 6.45) is 0. The van der Waals surface area contributed by atoms with Gasteiger partial charge in [-0.2, -0.15) is 43.9 Å². The molecule has 0 saturated heterocycles. The van der Waals surface area contributed by atoms with Crippen molar-refractivity contribution in [2.75, 3.05) is 6.61 Å². The van der Waals surface area contributed by atoms with Gasteiger partial charge in [0, 0.05) is 0 Å². The van der Waals surface area contributed by atoms with E-state index in [-0.39, 0.29) is 5.57 Å². The van der Waals surface area contributed by atoms with Crippen molar-refractivity contribution in [1.82, 2.24) is 0 Å². The van der Waals surface area contributed by atoms with E-state index in [2.05, 4.69) is 6.58 Å². The maximum absolute atomic E-state index is 13.1. The molecule has 0 aromatic rings. The Morgan fingerprint density at radius 3 is 1.16 bits per heavy atom. The van der Waals surface area contributed by atoms with Crippen molar-refractivity contribution in [2.24, 2.45) is 0 Å². The summed E-state index contributed by atoms with van der Waals surface area (Å²) in [6, 6.07) is 0. The molecule has 0 aromatic heterocycles. The summed E-state index contributed by atoms with van der Waals surface area (Å²) in [5.74, 6) is -36.5. The topological polar surface area (TPSA) is 60.4 Å². The number of aliphatic carboxylic acids is 1. The summed E-state index contributed by atoms with van der Waals surface area (Å²) < 4.78 is 140. The highest BCUT2D eigenvalue weighted by molar-refractivity contribution is 5.82. The summed E-state index contributed by atoms with van der Waals surface area (Å²) in [5, 5.41) is 17.5. The van der Waals surface area contributed by atoms with Crippen LogP contribution in [-0.2, 0) is 4.79 Å². The quantitative estimate of drug-likeness (QED) is 0.574. The summed E-state index contributed by atoms with van der Waals surface area (Å²) in [6.45, 7) is 1.26. The number of carboxylic acids is 1. The fourth-order valence-corrected chi connectivity index (χ4v) is 1.48. The number of halogens is 11. The van der Waals surface area contributed by atoms with Crippen LogP contribution in [0.2, 0.25) is 0 Å². The minimum absolute atomic E-state index is 0.0648. The average Bonchev–Trinajstić information content (AvgIpc) is 2.44. The molecule has 0 amide bonds. The number of hydrogen-bond donors (Lipinski definition) is 1. The highest BCUT2D eigenvalue weighted by Crippen LogP contribution is 2.69. The number of hydrogen-bond acceptors (Lipinski definition) is 3. The van der Waals surface area contributed by atoms with Crippen LogP contribution in [0.15, 0.2) is 12.2 Å². The van der Waals surface area contributed by atoms with Gasteiger partial charge in [-0.3, -0.25) is 0 Å². The minimum Gasteiger partial charge on any atom is -0.545 e. The Bertz CT molecular complexity index is 513. The molecule has 1 rings (SSSR count). The molecule has 148 valence electrons. The first-order chi connectivity index (χ1) is 10.7. The SMILES string of the molecule is C=C(C)C(=O)[O-].OCC1(F)C(F)(F)C(F)(F)C(F)(F)C(F)(F)C1(F)F. The fraction of sp³-hybridized carbons (Fsp3) is 0.727. The van der Waals surface area contributed by atoms with Crippen molar-refractivity contribution in [3.63, 3.8) is 0 Å². The number of alkyl halides is 11. The normalized spacial score (nSPS) is 26.8. The van der Waals surface area contributed by atoms with Crippen LogP contribution in [0.5, 0.6) is 0 Å². The van der Waals surface area contributed by atoms with E-state index in [1.807, 2.05) is 0 Å². The number of carbonyl (C=O) groups excluding carboxylic acids is 1. The van der Waals surface area contributed by atoms with Gasteiger partial charge in [0.05, 0.1) is 12.6 Å². The van der Waals surface area contributed by atoms with Crippen LogP contribution >= 0.6 is 0 Å². The maximum atomic E-state index is 13.1. The zero-order valence-corrected chi connectivity index (χ0v) is 11.8. The van der Waals surface area contributed by atoms with E-state index in [0.29, 0.717) is 0 Å². The van der Waals surface area contributed by atoms with Crippen LogP contribution in [-0.4, -0.2) is 53.0 Å². The summed E-state index contributed by atoms with van der Waals surface area (Å²) in [5.41, 5.74) is -6.19. The molecular weight excluding hydrogens is 389 g/mol. The highest BCUT2D eigenvalue weighted by atomic mass is 19.4. The highest BCUT2D eigenvalue weighted by Gasteiger charge is 3.00. The lowest BCUT2D eigenvalue weighted by atomic mass is 9.72. The van der Waals surface area contributed by atoms with Crippen molar-refractivity contribution in [1.29, 1.82) is 0 Å². The Morgan fingerprint density at radius 2 is 1.00 bits per heavy atom. The standard InChI is InChI=1S/C7H3F11O.C4H6O2/c8-2(1-19)3(9,10)5(13,14)7(17,18)6(15,16)4(2,11)12;1-3(2)4(5)6/h19H,1H2;1H2,2H3,(H,5,6)/p-1. The molecule has 1 aliphatic carbocycles. The smallest absolute Gasteiger partial charge is 0.384 e. The Labute approximate surface area is 131 Å². The van der Waals surface area contributed by atoms with E-state index in [0.717, 1.165) is 0 Å². The van der Waals surface area contributed by atoms with Crippen molar-refractivity contribution in [3.8, 4) is 0 Å². The number of carboxylic acid groups (broad SMARTS) is 1. The Hall–Kier alpha value is -1.60. The van der Waals surface area contributed by atoms with Gasteiger partial charge in [0.25, 0.3) is 5.67 Å². The molecule has 0 unspecified atom stereocenters. The molecular formula is C11H8F11O3-. The molecule has 14 heteroatoms.